The molecule has 0 unspecified atom stereocenters. The van der Waals surface area contributed by atoms with Gasteiger partial charge < -0.3 is 5.32 Å². The Labute approximate surface area is 106 Å². The van der Waals surface area contributed by atoms with Crippen LogP contribution >= 0.6 is 11.6 Å². The van der Waals surface area contributed by atoms with Crippen LogP contribution in [-0.2, 0) is 9.84 Å². The van der Waals surface area contributed by atoms with Crippen molar-refractivity contribution in [3.63, 3.8) is 0 Å². The SMILES string of the molecule is O=S1(=O)c2cc(Cl)ccc2NCC12CCCC2. The molecular weight excluding hydrogens is 258 g/mol. The second kappa shape index (κ2) is 3.62. The molecule has 1 aromatic carbocycles. The van der Waals surface area contributed by atoms with Gasteiger partial charge in [0.2, 0.25) is 0 Å². The molecule has 0 atom stereocenters. The number of rotatable bonds is 0. The van der Waals surface area contributed by atoms with E-state index in [1.165, 1.54) is 0 Å². The van der Waals surface area contributed by atoms with Crippen molar-refractivity contribution in [1.82, 2.24) is 0 Å². The van der Waals surface area contributed by atoms with E-state index in [0.717, 1.165) is 25.7 Å². The van der Waals surface area contributed by atoms with Crippen molar-refractivity contribution < 1.29 is 8.42 Å². The Balaban J connectivity index is 2.20. The third kappa shape index (κ3) is 1.50. The van der Waals surface area contributed by atoms with Crippen molar-refractivity contribution in [1.29, 1.82) is 0 Å². The van der Waals surface area contributed by atoms with Crippen molar-refractivity contribution in [2.75, 3.05) is 11.9 Å². The molecule has 1 heterocycles. The van der Waals surface area contributed by atoms with E-state index in [4.69, 9.17) is 11.6 Å². The Bertz CT molecular complexity index is 562. The minimum Gasteiger partial charge on any atom is -0.382 e. The van der Waals surface area contributed by atoms with Crippen LogP contribution in [0.1, 0.15) is 25.7 Å². The van der Waals surface area contributed by atoms with Gasteiger partial charge >= 0.3 is 0 Å². The number of hydrogen-bond acceptors (Lipinski definition) is 3. The normalized spacial score (nSPS) is 24.3. The largest absolute Gasteiger partial charge is 0.382 e. The van der Waals surface area contributed by atoms with E-state index in [-0.39, 0.29) is 0 Å². The molecule has 0 saturated heterocycles. The van der Waals surface area contributed by atoms with Crippen LogP contribution in [0, 0.1) is 0 Å². The Morgan fingerprint density at radius 3 is 2.65 bits per heavy atom. The molecule has 1 saturated carbocycles. The summed E-state index contributed by atoms with van der Waals surface area (Å²) in [6.07, 6.45) is 3.51. The number of nitrogens with one attached hydrogen (secondary N) is 1. The van der Waals surface area contributed by atoms with E-state index >= 15 is 0 Å². The maximum absolute atomic E-state index is 12.7. The minimum atomic E-state index is -3.25. The maximum Gasteiger partial charge on any atom is 0.187 e. The van der Waals surface area contributed by atoms with Gasteiger partial charge in [-0.25, -0.2) is 8.42 Å². The summed E-state index contributed by atoms with van der Waals surface area (Å²) in [5, 5.41) is 3.72. The first-order chi connectivity index (χ1) is 8.05. The number of sulfone groups is 1. The highest BCUT2D eigenvalue weighted by molar-refractivity contribution is 7.93. The smallest absolute Gasteiger partial charge is 0.187 e. The molecule has 0 bridgehead atoms. The van der Waals surface area contributed by atoms with E-state index < -0.39 is 14.6 Å². The van der Waals surface area contributed by atoms with E-state index in [0.29, 0.717) is 22.2 Å². The average Bonchev–Trinajstić information content (AvgIpc) is 2.76. The molecule has 1 fully saturated rings. The van der Waals surface area contributed by atoms with Crippen LogP contribution < -0.4 is 5.32 Å². The number of benzene rings is 1. The van der Waals surface area contributed by atoms with Gasteiger partial charge in [0.25, 0.3) is 0 Å². The van der Waals surface area contributed by atoms with Crippen molar-refractivity contribution in [2.24, 2.45) is 0 Å². The molecule has 5 heteroatoms. The van der Waals surface area contributed by atoms with Gasteiger partial charge in [0.1, 0.15) is 0 Å². The van der Waals surface area contributed by atoms with Crippen molar-refractivity contribution in [3.8, 4) is 0 Å². The fourth-order valence-corrected chi connectivity index (χ4v) is 5.42. The minimum absolute atomic E-state index is 0.373. The summed E-state index contributed by atoms with van der Waals surface area (Å²) in [5.74, 6) is 0. The molecule has 0 aromatic heterocycles. The Kier molecular flexibility index (Phi) is 2.42. The van der Waals surface area contributed by atoms with Crippen LogP contribution in [0.25, 0.3) is 0 Å². The molecule has 1 N–H and O–H groups in total. The van der Waals surface area contributed by atoms with Gasteiger partial charge in [-0.05, 0) is 31.0 Å². The third-order valence-corrected chi connectivity index (χ3v) is 6.76. The Hall–Kier alpha value is -0.740. The first-order valence-electron chi connectivity index (χ1n) is 5.83. The van der Waals surface area contributed by atoms with Gasteiger partial charge in [-0.2, -0.15) is 0 Å². The van der Waals surface area contributed by atoms with E-state index in [1.807, 2.05) is 0 Å². The molecule has 17 heavy (non-hydrogen) atoms. The zero-order valence-corrected chi connectivity index (χ0v) is 10.9. The topological polar surface area (TPSA) is 46.2 Å². The van der Waals surface area contributed by atoms with Crippen LogP contribution in [0.2, 0.25) is 5.02 Å². The number of halogens is 1. The first kappa shape index (κ1) is 11.4. The molecule has 3 rings (SSSR count). The molecule has 0 amide bonds. The van der Waals surface area contributed by atoms with Gasteiger partial charge in [0.15, 0.2) is 9.84 Å². The maximum atomic E-state index is 12.7. The second-order valence-electron chi connectivity index (χ2n) is 4.89. The summed E-state index contributed by atoms with van der Waals surface area (Å²) in [5.41, 5.74) is 0.687. The van der Waals surface area contributed by atoms with Crippen molar-refractivity contribution >= 4 is 27.1 Å². The van der Waals surface area contributed by atoms with Gasteiger partial charge in [0, 0.05) is 11.6 Å². The third-order valence-electron chi connectivity index (χ3n) is 3.92. The van der Waals surface area contributed by atoms with Crippen LogP contribution in [0.3, 0.4) is 0 Å². The average molecular weight is 272 g/mol. The highest BCUT2D eigenvalue weighted by Crippen LogP contribution is 2.45. The van der Waals surface area contributed by atoms with Gasteiger partial charge in [-0.1, -0.05) is 24.4 Å². The van der Waals surface area contributed by atoms with E-state index in [2.05, 4.69) is 5.32 Å². The van der Waals surface area contributed by atoms with E-state index in [9.17, 15) is 8.42 Å². The predicted octanol–water partition coefficient (Wildman–Crippen LogP) is 2.85. The fourth-order valence-electron chi connectivity index (χ4n) is 2.91. The van der Waals surface area contributed by atoms with Gasteiger partial charge in [-0.3, -0.25) is 0 Å². The lowest BCUT2D eigenvalue weighted by molar-refractivity contribution is 0.516. The number of hydrogen-bond donors (Lipinski definition) is 1. The van der Waals surface area contributed by atoms with Gasteiger partial charge in [-0.15, -0.1) is 0 Å². The molecule has 1 aliphatic carbocycles. The second-order valence-corrected chi connectivity index (χ2v) is 7.64. The summed E-state index contributed by atoms with van der Waals surface area (Å²) in [6.45, 7) is 0.532. The lowest BCUT2D eigenvalue weighted by Gasteiger charge is -2.35. The summed E-state index contributed by atoms with van der Waals surface area (Å²) in [4.78, 5) is 0.373. The lowest BCUT2D eigenvalue weighted by Crippen LogP contribution is -2.45. The molecule has 3 nitrogen and oxygen atoms in total. The highest BCUT2D eigenvalue weighted by Gasteiger charge is 2.49. The quantitative estimate of drug-likeness (QED) is 0.789. The van der Waals surface area contributed by atoms with E-state index in [1.54, 1.807) is 18.2 Å². The fraction of sp³-hybridized carbons (Fsp3) is 0.500. The molecular formula is C12H14ClNO2S. The zero-order valence-electron chi connectivity index (χ0n) is 9.37. The van der Waals surface area contributed by atoms with Crippen LogP contribution in [-0.4, -0.2) is 19.7 Å². The molecule has 0 radical (unpaired) electrons. The molecule has 1 aliphatic heterocycles. The first-order valence-corrected chi connectivity index (χ1v) is 7.69. The number of anilines is 1. The summed E-state index contributed by atoms with van der Waals surface area (Å²) in [7, 11) is -3.25. The number of fused-ring (bicyclic) bond motifs is 1. The Morgan fingerprint density at radius 2 is 1.94 bits per heavy atom. The van der Waals surface area contributed by atoms with Crippen molar-refractivity contribution in [2.45, 2.75) is 35.3 Å². The summed E-state index contributed by atoms with van der Waals surface area (Å²) < 4.78 is 24.8. The summed E-state index contributed by atoms with van der Waals surface area (Å²) in [6, 6.07) is 5.03. The molecule has 1 aromatic rings. The summed E-state index contributed by atoms with van der Waals surface area (Å²) >= 11 is 5.91. The monoisotopic (exact) mass is 271 g/mol. The van der Waals surface area contributed by atoms with Crippen LogP contribution in [0.4, 0.5) is 5.69 Å². The molecule has 92 valence electrons. The lowest BCUT2D eigenvalue weighted by atomic mass is 10.1. The zero-order chi connectivity index (χ0) is 12.1. The predicted molar refractivity (Wildman–Crippen MR) is 68.3 cm³/mol. The van der Waals surface area contributed by atoms with Crippen LogP contribution in [0.5, 0.6) is 0 Å². The molecule has 2 aliphatic rings. The van der Waals surface area contributed by atoms with Crippen LogP contribution in [0.15, 0.2) is 23.1 Å². The standard InChI is InChI=1S/C12H14ClNO2S/c13-9-3-4-10-11(7-9)17(15,16)12(8-14-10)5-1-2-6-12/h3-4,7,14H,1-2,5-6,8H2. The van der Waals surface area contributed by atoms with Gasteiger partial charge in [0.05, 0.1) is 15.3 Å². The molecule has 1 spiro atoms. The Morgan fingerprint density at radius 1 is 1.24 bits per heavy atom. The van der Waals surface area contributed by atoms with Crippen molar-refractivity contribution in [3.05, 3.63) is 23.2 Å². The highest BCUT2D eigenvalue weighted by atomic mass is 35.5.